The Morgan fingerprint density at radius 3 is 2.72 bits per heavy atom. The third-order valence-electron chi connectivity index (χ3n) is 3.79. The Bertz CT molecular complexity index is 338. The summed E-state index contributed by atoms with van der Waals surface area (Å²) in [7, 11) is 0. The molecule has 0 N–H and O–H groups in total. The molecule has 2 atom stereocenters. The summed E-state index contributed by atoms with van der Waals surface area (Å²) in [5.41, 5.74) is 0. The molecule has 0 saturated carbocycles. The minimum absolute atomic E-state index is 0.125. The van der Waals surface area contributed by atoms with Crippen LogP contribution in [-0.4, -0.2) is 30.1 Å². The molecule has 1 saturated heterocycles. The number of carbonyl (C=O) groups is 1. The zero-order valence-electron chi connectivity index (χ0n) is 10.2. The Labute approximate surface area is 105 Å². The van der Waals surface area contributed by atoms with Crippen molar-refractivity contribution in [3.8, 4) is 0 Å². The largest absolute Gasteiger partial charge is 0.393 e. The van der Waals surface area contributed by atoms with Crippen LogP contribution in [-0.2, 0) is 4.79 Å². The Morgan fingerprint density at radius 2 is 2.11 bits per heavy atom. The Hall–Kier alpha value is -1.00. The van der Waals surface area contributed by atoms with Crippen molar-refractivity contribution in [2.24, 2.45) is 11.8 Å². The lowest BCUT2D eigenvalue weighted by Gasteiger charge is -2.34. The van der Waals surface area contributed by atoms with Crippen LogP contribution in [0.5, 0.6) is 0 Å². The van der Waals surface area contributed by atoms with E-state index < -0.39 is 12.1 Å². The van der Waals surface area contributed by atoms with Gasteiger partial charge in [0.2, 0.25) is 5.91 Å². The number of allylic oxidation sites excluding steroid dienone is 2. The van der Waals surface area contributed by atoms with E-state index in [9.17, 15) is 18.0 Å². The molecule has 5 heteroatoms. The van der Waals surface area contributed by atoms with E-state index in [0.717, 1.165) is 12.8 Å². The van der Waals surface area contributed by atoms with Gasteiger partial charge in [-0.15, -0.1) is 0 Å². The number of piperidine rings is 1. The molecule has 0 radical (unpaired) electrons. The minimum atomic E-state index is -4.17. The summed E-state index contributed by atoms with van der Waals surface area (Å²) in [6, 6.07) is 0. The smallest absolute Gasteiger partial charge is 0.342 e. The van der Waals surface area contributed by atoms with E-state index in [1.807, 2.05) is 12.2 Å². The van der Waals surface area contributed by atoms with Crippen molar-refractivity contribution in [3.63, 3.8) is 0 Å². The fourth-order valence-corrected chi connectivity index (χ4v) is 2.69. The monoisotopic (exact) mass is 261 g/mol. The summed E-state index contributed by atoms with van der Waals surface area (Å²) in [6.07, 6.45) is 2.75. The van der Waals surface area contributed by atoms with Crippen molar-refractivity contribution in [1.82, 2.24) is 4.90 Å². The van der Waals surface area contributed by atoms with Gasteiger partial charge in [0, 0.05) is 19.5 Å². The normalized spacial score (nSPS) is 28.7. The van der Waals surface area contributed by atoms with Crippen LogP contribution in [0.15, 0.2) is 12.2 Å². The summed E-state index contributed by atoms with van der Waals surface area (Å²) < 4.78 is 37.9. The number of rotatable bonds is 2. The average molecular weight is 261 g/mol. The number of nitrogens with zero attached hydrogens (tertiary/aromatic N) is 1. The van der Waals surface area contributed by atoms with Gasteiger partial charge in [-0.05, 0) is 31.6 Å². The molecule has 1 aliphatic carbocycles. The van der Waals surface area contributed by atoms with Crippen LogP contribution in [0.1, 0.15) is 32.1 Å². The van der Waals surface area contributed by atoms with Crippen LogP contribution in [0.4, 0.5) is 13.2 Å². The number of hydrogen-bond acceptors (Lipinski definition) is 1. The van der Waals surface area contributed by atoms with Crippen LogP contribution < -0.4 is 0 Å². The first-order valence-electron chi connectivity index (χ1n) is 6.48. The molecule has 1 amide bonds. The van der Waals surface area contributed by atoms with Gasteiger partial charge >= 0.3 is 6.18 Å². The highest BCUT2D eigenvalue weighted by Crippen LogP contribution is 2.33. The van der Waals surface area contributed by atoms with Gasteiger partial charge in [-0.2, -0.15) is 13.2 Å². The number of likely N-dealkylation sites (tertiary alicyclic amines) is 1. The van der Waals surface area contributed by atoms with Gasteiger partial charge in [-0.1, -0.05) is 12.2 Å². The Kier molecular flexibility index (Phi) is 3.97. The predicted octanol–water partition coefficient (Wildman–Crippen LogP) is 3.14. The number of carbonyl (C=O) groups excluding carboxylic acids is 1. The van der Waals surface area contributed by atoms with Crippen LogP contribution in [0.25, 0.3) is 0 Å². The van der Waals surface area contributed by atoms with Gasteiger partial charge in [0.25, 0.3) is 0 Å². The van der Waals surface area contributed by atoms with Crippen LogP contribution in [0, 0.1) is 11.8 Å². The highest BCUT2D eigenvalue weighted by atomic mass is 19.4. The zero-order valence-corrected chi connectivity index (χ0v) is 10.2. The van der Waals surface area contributed by atoms with Crippen molar-refractivity contribution in [2.75, 3.05) is 13.1 Å². The van der Waals surface area contributed by atoms with Gasteiger partial charge in [0.1, 0.15) is 0 Å². The molecule has 102 valence electrons. The highest BCUT2D eigenvalue weighted by molar-refractivity contribution is 5.76. The molecule has 1 heterocycles. The number of alkyl halides is 3. The van der Waals surface area contributed by atoms with E-state index in [4.69, 9.17) is 0 Å². The molecule has 0 aromatic rings. The molecule has 18 heavy (non-hydrogen) atoms. The van der Waals surface area contributed by atoms with Crippen molar-refractivity contribution in [2.45, 2.75) is 38.3 Å². The molecule has 2 rings (SSSR count). The Morgan fingerprint density at radius 1 is 1.33 bits per heavy atom. The molecular weight excluding hydrogens is 243 g/mol. The Balaban J connectivity index is 1.88. The molecule has 0 bridgehead atoms. The number of halogens is 3. The average Bonchev–Trinajstić information content (AvgIpc) is 2.81. The fourth-order valence-electron chi connectivity index (χ4n) is 2.69. The van der Waals surface area contributed by atoms with Gasteiger partial charge in [-0.25, -0.2) is 0 Å². The first-order chi connectivity index (χ1) is 8.47. The van der Waals surface area contributed by atoms with Gasteiger partial charge in [0.05, 0.1) is 5.92 Å². The van der Waals surface area contributed by atoms with Gasteiger partial charge in [-0.3, -0.25) is 4.79 Å². The predicted molar refractivity (Wildman–Crippen MR) is 61.8 cm³/mol. The number of amides is 1. The third-order valence-corrected chi connectivity index (χ3v) is 3.79. The summed E-state index contributed by atoms with van der Waals surface area (Å²) in [6.45, 7) is 0.320. The maximum Gasteiger partial charge on any atom is 0.393 e. The SMILES string of the molecule is O=C(C[C@H]1C=CCC1)N1CCC[C@@H](C(F)(F)F)C1. The standard InChI is InChI=1S/C13H18F3NO/c14-13(15,16)11-6-3-7-17(9-11)12(18)8-10-4-1-2-5-10/h1,4,10-11H,2-3,5-9H2/t10-,11+/m0/s1. The lowest BCUT2D eigenvalue weighted by atomic mass is 9.96. The quantitative estimate of drug-likeness (QED) is 0.699. The lowest BCUT2D eigenvalue weighted by Crippen LogP contribution is -2.44. The third kappa shape index (κ3) is 3.27. The summed E-state index contributed by atoms with van der Waals surface area (Å²) >= 11 is 0. The maximum absolute atomic E-state index is 12.6. The van der Waals surface area contributed by atoms with Crippen molar-refractivity contribution in [3.05, 3.63) is 12.2 Å². The summed E-state index contributed by atoms with van der Waals surface area (Å²) in [4.78, 5) is 13.3. The molecule has 0 unspecified atom stereocenters. The molecule has 0 spiro atoms. The van der Waals surface area contributed by atoms with Crippen molar-refractivity contribution in [1.29, 1.82) is 0 Å². The van der Waals surface area contributed by atoms with Gasteiger partial charge < -0.3 is 4.90 Å². The molecule has 2 nitrogen and oxygen atoms in total. The minimum Gasteiger partial charge on any atom is -0.342 e. The molecule has 2 aliphatic rings. The van der Waals surface area contributed by atoms with Gasteiger partial charge in [0.15, 0.2) is 0 Å². The van der Waals surface area contributed by atoms with Crippen molar-refractivity contribution >= 4 is 5.91 Å². The number of hydrogen-bond donors (Lipinski definition) is 0. The van der Waals surface area contributed by atoms with E-state index in [-0.39, 0.29) is 24.8 Å². The van der Waals surface area contributed by atoms with Crippen LogP contribution >= 0.6 is 0 Å². The van der Waals surface area contributed by atoms with Crippen LogP contribution in [0.3, 0.4) is 0 Å². The van der Waals surface area contributed by atoms with Crippen LogP contribution in [0.2, 0.25) is 0 Å². The topological polar surface area (TPSA) is 20.3 Å². The highest BCUT2D eigenvalue weighted by Gasteiger charge is 2.42. The second kappa shape index (κ2) is 5.33. The lowest BCUT2D eigenvalue weighted by molar-refractivity contribution is -0.188. The maximum atomic E-state index is 12.6. The molecular formula is C13H18F3NO. The molecule has 0 aromatic carbocycles. The first kappa shape index (κ1) is 13.4. The van der Waals surface area contributed by atoms with E-state index in [1.54, 1.807) is 0 Å². The van der Waals surface area contributed by atoms with E-state index in [0.29, 0.717) is 19.4 Å². The van der Waals surface area contributed by atoms with Crippen molar-refractivity contribution < 1.29 is 18.0 Å². The summed E-state index contributed by atoms with van der Waals surface area (Å²) in [5, 5.41) is 0. The fraction of sp³-hybridized carbons (Fsp3) is 0.769. The zero-order chi connectivity index (χ0) is 13.2. The first-order valence-corrected chi connectivity index (χ1v) is 6.48. The van der Waals surface area contributed by atoms with E-state index in [1.165, 1.54) is 4.90 Å². The molecule has 1 aliphatic heterocycles. The second-order valence-electron chi connectivity index (χ2n) is 5.19. The summed E-state index contributed by atoms with van der Waals surface area (Å²) in [5.74, 6) is -1.24. The molecule has 0 aromatic heterocycles. The second-order valence-corrected chi connectivity index (χ2v) is 5.19. The van der Waals surface area contributed by atoms with E-state index >= 15 is 0 Å². The molecule has 1 fully saturated rings. The van der Waals surface area contributed by atoms with E-state index in [2.05, 4.69) is 0 Å².